The first-order chi connectivity index (χ1) is 12.5. The van der Waals surface area contributed by atoms with Crippen molar-refractivity contribution in [3.8, 4) is 5.75 Å². The van der Waals surface area contributed by atoms with Gasteiger partial charge in [0.2, 0.25) is 5.91 Å². The molecule has 2 N–H and O–H groups in total. The monoisotopic (exact) mass is 391 g/mol. The number of fused-ring (bicyclic) bond motifs is 1. The molecule has 1 heterocycles. The van der Waals surface area contributed by atoms with Crippen molar-refractivity contribution in [1.29, 1.82) is 0 Å². The van der Waals surface area contributed by atoms with Crippen molar-refractivity contribution in [3.63, 3.8) is 0 Å². The fourth-order valence-corrected chi connectivity index (χ4v) is 3.66. The number of amides is 1. The molecule has 2 aromatic rings. The van der Waals surface area contributed by atoms with E-state index in [0.29, 0.717) is 29.5 Å². The van der Waals surface area contributed by atoms with Crippen LogP contribution in [0.4, 0.5) is 5.69 Å². The zero-order chi connectivity index (χ0) is 18.5. The molecular weight excluding hydrogens is 374 g/mol. The van der Waals surface area contributed by atoms with Crippen molar-refractivity contribution >= 4 is 40.9 Å². The maximum atomic E-state index is 12.6. The van der Waals surface area contributed by atoms with Crippen LogP contribution in [0.25, 0.3) is 0 Å². The average molecular weight is 392 g/mol. The minimum atomic E-state index is -0.836. The number of rotatable bonds is 6. The minimum absolute atomic E-state index is 0.0535. The lowest BCUT2D eigenvalue weighted by molar-refractivity contribution is -0.134. The highest BCUT2D eigenvalue weighted by atomic mass is 35.5. The molecule has 3 rings (SSSR count). The number of anilines is 1. The Morgan fingerprint density at radius 1 is 1.27 bits per heavy atom. The first-order valence-electron chi connectivity index (χ1n) is 8.12. The Balaban J connectivity index is 1.60. The molecule has 136 valence electrons. The largest absolute Gasteiger partial charge is 0.492 e. The zero-order valence-corrected chi connectivity index (χ0v) is 15.5. The standard InChI is InChI=1S/C19H18ClNO4S/c20-15-4-5-17-13(8-15)7-14(9-25-17)19(24)21-16-3-1-2-12(6-16)10-26-11-18(22)23/h1-6,8,14H,7,9-11H2,(H,21,24)(H,22,23). The molecule has 0 saturated carbocycles. The Morgan fingerprint density at radius 3 is 2.92 bits per heavy atom. The van der Waals surface area contributed by atoms with Crippen LogP contribution in [0, 0.1) is 5.92 Å². The Morgan fingerprint density at radius 2 is 2.12 bits per heavy atom. The third-order valence-corrected chi connectivity index (χ3v) is 5.21. The molecule has 0 radical (unpaired) electrons. The second kappa shape index (κ2) is 8.47. The number of halogens is 1. The fraction of sp³-hybridized carbons (Fsp3) is 0.263. The van der Waals surface area contributed by atoms with Crippen LogP contribution in [0.5, 0.6) is 5.75 Å². The summed E-state index contributed by atoms with van der Waals surface area (Å²) in [7, 11) is 0. The van der Waals surface area contributed by atoms with Crippen LogP contribution in [-0.4, -0.2) is 29.3 Å². The molecule has 7 heteroatoms. The van der Waals surface area contributed by atoms with Gasteiger partial charge in [0.05, 0.1) is 11.7 Å². The maximum absolute atomic E-state index is 12.6. The highest BCUT2D eigenvalue weighted by Crippen LogP contribution is 2.30. The number of thioether (sulfide) groups is 1. The number of carbonyl (C=O) groups excluding carboxylic acids is 1. The van der Waals surface area contributed by atoms with Gasteiger partial charge in [-0.25, -0.2) is 0 Å². The van der Waals surface area contributed by atoms with Gasteiger partial charge >= 0.3 is 5.97 Å². The smallest absolute Gasteiger partial charge is 0.313 e. The van der Waals surface area contributed by atoms with E-state index in [9.17, 15) is 9.59 Å². The van der Waals surface area contributed by atoms with Crippen molar-refractivity contribution in [2.24, 2.45) is 5.92 Å². The van der Waals surface area contributed by atoms with Gasteiger partial charge in [0.25, 0.3) is 0 Å². The van der Waals surface area contributed by atoms with Crippen molar-refractivity contribution in [2.75, 3.05) is 17.7 Å². The van der Waals surface area contributed by atoms with Gasteiger partial charge < -0.3 is 15.2 Å². The van der Waals surface area contributed by atoms with E-state index in [1.165, 1.54) is 11.8 Å². The lowest BCUT2D eigenvalue weighted by atomic mass is 9.96. The molecule has 0 bridgehead atoms. The quantitative estimate of drug-likeness (QED) is 0.782. The fourth-order valence-electron chi connectivity index (χ4n) is 2.77. The van der Waals surface area contributed by atoms with Gasteiger partial charge in [-0.2, -0.15) is 0 Å². The van der Waals surface area contributed by atoms with Crippen LogP contribution in [0.15, 0.2) is 42.5 Å². The van der Waals surface area contributed by atoms with E-state index in [1.807, 2.05) is 36.4 Å². The number of hydrogen-bond donors (Lipinski definition) is 2. The summed E-state index contributed by atoms with van der Waals surface area (Å²) in [5, 5.41) is 12.2. The van der Waals surface area contributed by atoms with Gasteiger partial charge in [0, 0.05) is 16.5 Å². The molecule has 0 saturated heterocycles. The van der Waals surface area contributed by atoms with Crippen LogP contribution in [-0.2, 0) is 21.8 Å². The molecule has 1 aliphatic rings. The molecule has 1 atom stereocenters. The third kappa shape index (κ3) is 4.93. The Hall–Kier alpha value is -2.18. The highest BCUT2D eigenvalue weighted by molar-refractivity contribution is 7.99. The molecule has 5 nitrogen and oxygen atoms in total. The van der Waals surface area contributed by atoms with Crippen molar-refractivity contribution < 1.29 is 19.4 Å². The molecule has 1 amide bonds. The number of nitrogens with one attached hydrogen (secondary N) is 1. The summed E-state index contributed by atoms with van der Waals surface area (Å²) in [5.41, 5.74) is 2.59. The lowest BCUT2D eigenvalue weighted by Gasteiger charge is -2.24. The number of carboxylic acids is 1. The lowest BCUT2D eigenvalue weighted by Crippen LogP contribution is -2.32. The molecule has 0 spiro atoms. The molecule has 0 aliphatic carbocycles. The van der Waals surface area contributed by atoms with Gasteiger partial charge in [0.1, 0.15) is 12.4 Å². The number of aliphatic carboxylic acids is 1. The third-order valence-electron chi connectivity index (χ3n) is 3.99. The summed E-state index contributed by atoms with van der Waals surface area (Å²) >= 11 is 7.34. The summed E-state index contributed by atoms with van der Waals surface area (Å²) in [4.78, 5) is 23.2. The summed E-state index contributed by atoms with van der Waals surface area (Å²) in [6.45, 7) is 0.328. The highest BCUT2D eigenvalue weighted by Gasteiger charge is 2.26. The first kappa shape index (κ1) is 18.6. The Labute approximate surface area is 160 Å². The van der Waals surface area contributed by atoms with Crippen LogP contribution < -0.4 is 10.1 Å². The number of carboxylic acid groups (broad SMARTS) is 1. The van der Waals surface area contributed by atoms with Gasteiger partial charge in [-0.3, -0.25) is 9.59 Å². The van der Waals surface area contributed by atoms with Gasteiger partial charge in [-0.15, -0.1) is 11.8 Å². The molecule has 2 aromatic carbocycles. The predicted molar refractivity (Wildman–Crippen MR) is 103 cm³/mol. The summed E-state index contributed by atoms with van der Waals surface area (Å²) in [6.07, 6.45) is 0.579. The second-order valence-corrected chi connectivity index (χ2v) is 7.46. The van der Waals surface area contributed by atoms with Crippen molar-refractivity contribution in [1.82, 2.24) is 0 Å². The molecule has 1 aliphatic heterocycles. The average Bonchev–Trinajstić information content (AvgIpc) is 2.61. The molecular formula is C19H18ClNO4S. The molecule has 0 aromatic heterocycles. The zero-order valence-electron chi connectivity index (χ0n) is 13.9. The van der Waals surface area contributed by atoms with Crippen LogP contribution in [0.2, 0.25) is 5.02 Å². The van der Waals surface area contributed by atoms with E-state index < -0.39 is 5.97 Å². The Kier molecular flexibility index (Phi) is 6.06. The SMILES string of the molecule is O=C(O)CSCc1cccc(NC(=O)C2COc3ccc(Cl)cc3C2)c1. The van der Waals surface area contributed by atoms with E-state index in [2.05, 4.69) is 5.32 Å². The van der Waals surface area contributed by atoms with Crippen molar-refractivity contribution in [3.05, 3.63) is 58.6 Å². The van der Waals surface area contributed by atoms with Gasteiger partial charge in [-0.05, 0) is 47.9 Å². The first-order valence-corrected chi connectivity index (χ1v) is 9.65. The minimum Gasteiger partial charge on any atom is -0.492 e. The van der Waals surface area contributed by atoms with Crippen LogP contribution in [0.3, 0.4) is 0 Å². The van der Waals surface area contributed by atoms with E-state index in [0.717, 1.165) is 16.9 Å². The second-order valence-electron chi connectivity index (χ2n) is 6.04. The van der Waals surface area contributed by atoms with Crippen molar-refractivity contribution in [2.45, 2.75) is 12.2 Å². The van der Waals surface area contributed by atoms with Crippen LogP contribution >= 0.6 is 23.4 Å². The topological polar surface area (TPSA) is 75.6 Å². The molecule has 1 unspecified atom stereocenters. The van der Waals surface area contributed by atoms with E-state index in [4.69, 9.17) is 21.4 Å². The van der Waals surface area contributed by atoms with E-state index in [1.54, 1.807) is 6.07 Å². The Bertz CT molecular complexity index is 827. The predicted octanol–water partition coefficient (Wildman–Crippen LogP) is 3.85. The summed E-state index contributed by atoms with van der Waals surface area (Å²) in [5.74, 6) is 0.178. The summed E-state index contributed by atoms with van der Waals surface area (Å²) in [6, 6.07) is 12.9. The molecule has 26 heavy (non-hydrogen) atoms. The number of carbonyl (C=O) groups is 2. The number of hydrogen-bond acceptors (Lipinski definition) is 4. The molecule has 0 fully saturated rings. The number of ether oxygens (including phenoxy) is 1. The van der Waals surface area contributed by atoms with Crippen LogP contribution in [0.1, 0.15) is 11.1 Å². The number of benzene rings is 2. The summed E-state index contributed by atoms with van der Waals surface area (Å²) < 4.78 is 5.67. The van der Waals surface area contributed by atoms with E-state index in [-0.39, 0.29) is 17.6 Å². The maximum Gasteiger partial charge on any atom is 0.313 e. The normalized spacial score (nSPS) is 15.7. The van der Waals surface area contributed by atoms with E-state index >= 15 is 0 Å². The van der Waals surface area contributed by atoms with Gasteiger partial charge in [0.15, 0.2) is 0 Å². The van der Waals surface area contributed by atoms with Gasteiger partial charge in [-0.1, -0.05) is 23.7 Å².